The molecule has 0 amide bonds. The molecule has 1 aliphatic heterocycles. The van der Waals surface area contributed by atoms with Gasteiger partial charge in [0.05, 0.1) is 18.2 Å². The van der Waals surface area contributed by atoms with Crippen molar-refractivity contribution in [3.63, 3.8) is 0 Å². The van der Waals surface area contributed by atoms with Gasteiger partial charge >= 0.3 is 10.1 Å². The fourth-order valence-corrected chi connectivity index (χ4v) is 18.7. The van der Waals surface area contributed by atoms with Crippen molar-refractivity contribution in [3.05, 3.63) is 41.2 Å². The highest BCUT2D eigenvalue weighted by molar-refractivity contribution is 7.86. The average molecular weight is 879 g/mol. The van der Waals surface area contributed by atoms with Gasteiger partial charge in [0.25, 0.3) is 0 Å². The normalized spacial score (nSPS) is 44.6. The average Bonchev–Trinajstić information content (AvgIpc) is 3.46. The first-order valence-electron chi connectivity index (χ1n) is 25.1. The Bertz CT molecular complexity index is 2180. The lowest BCUT2D eigenvalue weighted by Crippen LogP contribution is -2.55. The maximum Gasteiger partial charge on any atom is 0.305 e. The summed E-state index contributed by atoms with van der Waals surface area (Å²) in [6.07, 6.45) is 25.8. The molecule has 1 aromatic heterocycles. The van der Waals surface area contributed by atoms with Crippen LogP contribution < -0.4 is 15.5 Å². The maximum absolute atomic E-state index is 14.7. The van der Waals surface area contributed by atoms with Gasteiger partial charge in [-0.3, -0.25) is 14.5 Å². The lowest BCUT2D eigenvalue weighted by atomic mass is 9.51. The zero-order chi connectivity index (χ0) is 43.3. The SMILES string of the molecule is CC1C[C@H]2[C@@H]3CCC4=CC(=O)C=C(OS(C)(=O)=O)[C@]4(C)C3=CC[C@]2(C)[C@H]1C(=O)CN1CCN(c2cc(NC34CC5CC(CC(C5)C3)C4)nc(NC34CC5CC(CC(C5)C3)C4)n2)CC1. The topological polar surface area (TPSA) is 134 Å². The Morgan fingerprint density at radius 3 is 2.00 bits per heavy atom. The molecule has 10 saturated carbocycles. The van der Waals surface area contributed by atoms with Crippen molar-refractivity contribution in [2.45, 2.75) is 135 Å². The molecule has 6 atom stereocenters. The van der Waals surface area contributed by atoms with Crippen LogP contribution in [0.4, 0.5) is 17.6 Å². The summed E-state index contributed by atoms with van der Waals surface area (Å²) in [7, 11) is -3.83. The number of rotatable bonds is 10. The molecule has 8 bridgehead atoms. The number of allylic oxidation sites excluding steroid dienone is 4. The standard InChI is InChI=1S/C51H70N6O5S/c1-30-13-41-39-6-5-37-20-38(58)21-43(62-63(4,60)61)49(37,3)40(39)7-8-48(41,2)46(30)42(59)29-56-9-11-57(12-10-56)45-22-44(54-50-23-31-14-32(24-50)16-33(15-31)25-50)52-47(53-45)55-51-26-34-17-35(27-51)19-36(18-34)28-51/h7,20-22,30-36,39,41,46H,5-6,8-19,23-29H2,1-4H3,(H2,52,53,54,55)/t30?,31?,32?,33?,34?,35?,36?,39-,41+,46-,48+,49+,50?,51?/m1/s1. The van der Waals surface area contributed by atoms with E-state index in [1.807, 2.05) is 6.92 Å². The van der Waals surface area contributed by atoms with Gasteiger partial charge in [-0.15, -0.1) is 0 Å². The first kappa shape index (κ1) is 41.2. The fraction of sp³-hybridized carbons (Fsp3) is 0.765. The molecule has 12 heteroatoms. The van der Waals surface area contributed by atoms with E-state index in [2.05, 4.69) is 46.4 Å². The van der Waals surface area contributed by atoms with Crippen LogP contribution >= 0.6 is 0 Å². The first-order valence-corrected chi connectivity index (χ1v) is 26.9. The second-order valence-electron chi connectivity index (χ2n) is 24.1. The Morgan fingerprint density at radius 1 is 0.825 bits per heavy atom. The highest BCUT2D eigenvalue weighted by Crippen LogP contribution is 2.66. The van der Waals surface area contributed by atoms with E-state index in [0.29, 0.717) is 24.7 Å². The molecule has 11 nitrogen and oxygen atoms in total. The Morgan fingerprint density at radius 2 is 1.41 bits per heavy atom. The smallest absolute Gasteiger partial charge is 0.305 e. The van der Waals surface area contributed by atoms with E-state index in [0.717, 1.165) is 110 Å². The molecule has 11 fully saturated rings. The van der Waals surface area contributed by atoms with E-state index in [1.165, 1.54) is 88.7 Å². The number of nitrogens with zero attached hydrogens (tertiary/aromatic N) is 4. The van der Waals surface area contributed by atoms with Gasteiger partial charge < -0.3 is 19.7 Å². The van der Waals surface area contributed by atoms with Gasteiger partial charge in [0.15, 0.2) is 11.6 Å². The highest BCUT2D eigenvalue weighted by Gasteiger charge is 2.61. The number of nitrogens with one attached hydrogen (secondary N) is 2. The van der Waals surface area contributed by atoms with Crippen LogP contribution in [0.15, 0.2) is 41.2 Å². The number of carbonyl (C=O) groups is 2. The van der Waals surface area contributed by atoms with Crippen molar-refractivity contribution in [2.24, 2.45) is 70.0 Å². The number of fused-ring (bicyclic) bond motifs is 5. The van der Waals surface area contributed by atoms with Gasteiger partial charge in [-0.25, -0.2) is 0 Å². The van der Waals surface area contributed by atoms with E-state index >= 15 is 0 Å². The first-order chi connectivity index (χ1) is 30.0. The van der Waals surface area contributed by atoms with Crippen LogP contribution in [0.2, 0.25) is 0 Å². The molecule has 63 heavy (non-hydrogen) atoms. The number of hydrogen-bond donors (Lipinski definition) is 2. The summed E-state index contributed by atoms with van der Waals surface area (Å²) in [5.74, 6) is 9.02. The predicted molar refractivity (Wildman–Crippen MR) is 244 cm³/mol. The highest BCUT2D eigenvalue weighted by atomic mass is 32.2. The molecule has 14 rings (SSSR count). The number of anilines is 3. The molecular weight excluding hydrogens is 809 g/mol. The van der Waals surface area contributed by atoms with Crippen molar-refractivity contribution < 1.29 is 22.2 Å². The van der Waals surface area contributed by atoms with Crippen LogP contribution in [0, 0.1) is 70.0 Å². The van der Waals surface area contributed by atoms with E-state index in [4.69, 9.17) is 14.2 Å². The molecule has 1 unspecified atom stereocenters. The number of ketones is 2. The summed E-state index contributed by atoms with van der Waals surface area (Å²) in [6, 6.07) is 2.25. The van der Waals surface area contributed by atoms with Crippen LogP contribution in [-0.2, 0) is 23.9 Å². The van der Waals surface area contributed by atoms with Crippen LogP contribution in [0.5, 0.6) is 0 Å². The minimum atomic E-state index is -3.83. The minimum Gasteiger partial charge on any atom is -0.386 e. The third-order valence-electron chi connectivity index (χ3n) is 19.6. The predicted octanol–water partition coefficient (Wildman–Crippen LogP) is 8.32. The van der Waals surface area contributed by atoms with Crippen LogP contribution in [0.1, 0.15) is 124 Å². The lowest BCUT2D eigenvalue weighted by Gasteiger charge is -2.57. The molecule has 1 saturated heterocycles. The van der Waals surface area contributed by atoms with Gasteiger partial charge in [-0.05, 0) is 180 Å². The zero-order valence-corrected chi connectivity index (χ0v) is 39.0. The Balaban J connectivity index is 0.753. The van der Waals surface area contributed by atoms with Crippen molar-refractivity contribution >= 4 is 39.3 Å². The number of hydrogen-bond acceptors (Lipinski definition) is 11. The van der Waals surface area contributed by atoms with E-state index in [9.17, 15) is 18.0 Å². The number of piperazine rings is 1. The number of carbonyl (C=O) groups excluding carboxylic acids is 2. The van der Waals surface area contributed by atoms with Gasteiger partial charge in [-0.1, -0.05) is 25.5 Å². The van der Waals surface area contributed by atoms with Crippen molar-refractivity contribution in [1.82, 2.24) is 14.9 Å². The van der Waals surface area contributed by atoms with Gasteiger partial charge in [-0.2, -0.15) is 18.4 Å². The van der Waals surface area contributed by atoms with Crippen molar-refractivity contribution in [2.75, 3.05) is 54.5 Å². The Labute approximate surface area is 375 Å². The van der Waals surface area contributed by atoms with Crippen LogP contribution in [0.25, 0.3) is 0 Å². The van der Waals surface area contributed by atoms with E-state index in [-0.39, 0.29) is 45.8 Å². The summed E-state index contributed by atoms with van der Waals surface area (Å²) in [5.41, 5.74) is 1.44. The van der Waals surface area contributed by atoms with E-state index < -0.39 is 15.5 Å². The quantitative estimate of drug-likeness (QED) is 0.174. The molecule has 1 aromatic rings. The van der Waals surface area contributed by atoms with Gasteiger partial charge in [0.1, 0.15) is 17.4 Å². The van der Waals surface area contributed by atoms with Crippen LogP contribution in [-0.4, -0.2) is 84.9 Å². The third kappa shape index (κ3) is 6.97. The largest absolute Gasteiger partial charge is 0.386 e. The molecule has 12 aliphatic carbocycles. The van der Waals surface area contributed by atoms with Crippen molar-refractivity contribution in [3.8, 4) is 0 Å². The summed E-state index contributed by atoms with van der Waals surface area (Å²) in [5, 5.41) is 8.19. The van der Waals surface area contributed by atoms with Gasteiger partial charge in [0, 0.05) is 55.3 Å². The maximum atomic E-state index is 14.7. The van der Waals surface area contributed by atoms with Crippen molar-refractivity contribution in [1.29, 1.82) is 0 Å². The second-order valence-corrected chi connectivity index (χ2v) is 25.7. The molecule has 0 spiro atoms. The third-order valence-corrected chi connectivity index (χ3v) is 20.1. The van der Waals surface area contributed by atoms with Crippen LogP contribution in [0.3, 0.4) is 0 Å². The summed E-state index contributed by atoms with van der Waals surface area (Å²) in [4.78, 5) is 42.9. The summed E-state index contributed by atoms with van der Waals surface area (Å²) in [6.45, 7) is 10.4. The number of Topliss-reactive ketones (excluding diaryl/α,β-unsaturated/α-hetero) is 1. The fourth-order valence-electron chi connectivity index (χ4n) is 18.1. The second kappa shape index (κ2) is 14.4. The molecule has 2 N–H and O–H groups in total. The monoisotopic (exact) mass is 879 g/mol. The molecule has 2 heterocycles. The number of aromatic nitrogens is 2. The molecule has 13 aliphatic rings. The van der Waals surface area contributed by atoms with E-state index in [1.54, 1.807) is 6.08 Å². The Hall–Kier alpha value is -3.25. The molecular formula is C51H70N6O5S. The summed E-state index contributed by atoms with van der Waals surface area (Å²) < 4.78 is 30.4. The minimum absolute atomic E-state index is 0.0448. The molecule has 340 valence electrons. The zero-order valence-electron chi connectivity index (χ0n) is 38.2. The lowest BCUT2D eigenvalue weighted by molar-refractivity contribution is -0.129. The molecule has 0 radical (unpaired) electrons. The summed E-state index contributed by atoms with van der Waals surface area (Å²) >= 11 is 0. The Kier molecular flexibility index (Phi) is 9.40. The van der Waals surface area contributed by atoms with Gasteiger partial charge in [0.2, 0.25) is 5.95 Å². The molecule has 0 aromatic carbocycles.